The summed E-state index contributed by atoms with van der Waals surface area (Å²) in [6.07, 6.45) is 0.103. The van der Waals surface area contributed by atoms with Gasteiger partial charge in [-0.25, -0.2) is 4.39 Å². The largest absolute Gasteiger partial charge is 0.481 e. The number of carbonyl (C=O) groups excluding carboxylic acids is 1. The summed E-state index contributed by atoms with van der Waals surface area (Å²) in [6, 6.07) is 19.4. The summed E-state index contributed by atoms with van der Waals surface area (Å²) >= 11 is 0. The van der Waals surface area contributed by atoms with Gasteiger partial charge in [0.15, 0.2) is 0 Å². The van der Waals surface area contributed by atoms with Crippen molar-refractivity contribution in [2.45, 2.75) is 25.3 Å². The van der Waals surface area contributed by atoms with Crippen LogP contribution in [0.25, 0.3) is 0 Å². The molecule has 0 saturated carbocycles. The van der Waals surface area contributed by atoms with E-state index in [0.717, 1.165) is 5.56 Å². The SMILES string of the molecule is Cc1ccc(N2C(=O)Cc3ccccc3[C@H](C(=O)O)[C@H]2c2ccc(F)cc2)cc1. The van der Waals surface area contributed by atoms with Gasteiger partial charge in [-0.2, -0.15) is 0 Å². The molecule has 0 radical (unpaired) electrons. The molecule has 4 rings (SSSR count). The lowest BCUT2D eigenvalue weighted by atomic mass is 9.84. The minimum absolute atomic E-state index is 0.103. The minimum atomic E-state index is -1.03. The molecule has 3 aromatic rings. The average molecular weight is 389 g/mol. The van der Waals surface area contributed by atoms with E-state index in [2.05, 4.69) is 0 Å². The molecule has 29 heavy (non-hydrogen) atoms. The molecule has 1 N–H and O–H groups in total. The van der Waals surface area contributed by atoms with Crippen molar-refractivity contribution in [1.82, 2.24) is 0 Å². The number of fused-ring (bicyclic) bond motifs is 1. The highest BCUT2D eigenvalue weighted by Gasteiger charge is 2.42. The zero-order chi connectivity index (χ0) is 20.5. The third-order valence-electron chi connectivity index (χ3n) is 5.38. The fraction of sp³-hybridized carbons (Fsp3) is 0.167. The summed E-state index contributed by atoms with van der Waals surface area (Å²) in [5.74, 6) is -2.62. The highest BCUT2D eigenvalue weighted by molar-refractivity contribution is 5.98. The van der Waals surface area contributed by atoms with Crippen LogP contribution in [0.4, 0.5) is 10.1 Å². The summed E-state index contributed by atoms with van der Waals surface area (Å²) < 4.78 is 13.6. The molecule has 0 saturated heterocycles. The molecular weight excluding hydrogens is 369 g/mol. The monoisotopic (exact) mass is 389 g/mol. The van der Waals surface area contributed by atoms with Crippen LogP contribution in [0.15, 0.2) is 72.8 Å². The lowest BCUT2D eigenvalue weighted by Gasteiger charge is -2.34. The molecule has 5 heteroatoms. The van der Waals surface area contributed by atoms with E-state index in [-0.39, 0.29) is 12.3 Å². The maximum absolute atomic E-state index is 13.6. The molecule has 4 nitrogen and oxygen atoms in total. The van der Waals surface area contributed by atoms with Crippen LogP contribution in [0, 0.1) is 12.7 Å². The number of rotatable bonds is 3. The van der Waals surface area contributed by atoms with Crippen molar-refractivity contribution in [3.05, 3.63) is 101 Å². The zero-order valence-electron chi connectivity index (χ0n) is 15.9. The fourth-order valence-corrected chi connectivity index (χ4v) is 4.00. The first-order valence-corrected chi connectivity index (χ1v) is 9.40. The van der Waals surface area contributed by atoms with Crippen LogP contribution in [-0.4, -0.2) is 17.0 Å². The van der Waals surface area contributed by atoms with Crippen molar-refractivity contribution in [3.8, 4) is 0 Å². The van der Waals surface area contributed by atoms with Gasteiger partial charge in [0.1, 0.15) is 11.7 Å². The topological polar surface area (TPSA) is 57.6 Å². The van der Waals surface area contributed by atoms with Gasteiger partial charge in [-0.15, -0.1) is 0 Å². The van der Waals surface area contributed by atoms with Gasteiger partial charge >= 0.3 is 5.97 Å². The minimum Gasteiger partial charge on any atom is -0.481 e. The Kier molecular flexibility index (Phi) is 4.89. The third-order valence-corrected chi connectivity index (χ3v) is 5.38. The van der Waals surface area contributed by atoms with Crippen LogP contribution >= 0.6 is 0 Å². The number of anilines is 1. The van der Waals surface area contributed by atoms with E-state index >= 15 is 0 Å². The number of hydrogen-bond acceptors (Lipinski definition) is 2. The van der Waals surface area contributed by atoms with Gasteiger partial charge in [-0.3, -0.25) is 9.59 Å². The second kappa shape index (κ2) is 7.51. The summed E-state index contributed by atoms with van der Waals surface area (Å²) in [5, 5.41) is 10.2. The highest BCUT2D eigenvalue weighted by atomic mass is 19.1. The Labute approximate surface area is 168 Å². The van der Waals surface area contributed by atoms with Gasteiger partial charge in [0.2, 0.25) is 5.91 Å². The van der Waals surface area contributed by atoms with Crippen molar-refractivity contribution in [3.63, 3.8) is 0 Å². The van der Waals surface area contributed by atoms with Crippen molar-refractivity contribution < 1.29 is 19.1 Å². The smallest absolute Gasteiger partial charge is 0.313 e. The van der Waals surface area contributed by atoms with Gasteiger partial charge in [-0.05, 0) is 47.9 Å². The number of carbonyl (C=O) groups is 2. The van der Waals surface area contributed by atoms with Crippen LogP contribution in [-0.2, 0) is 16.0 Å². The van der Waals surface area contributed by atoms with Gasteiger partial charge in [-0.1, -0.05) is 54.1 Å². The van der Waals surface area contributed by atoms with Gasteiger partial charge in [0, 0.05) is 5.69 Å². The molecule has 1 aliphatic rings. The molecule has 2 atom stereocenters. The van der Waals surface area contributed by atoms with E-state index in [4.69, 9.17) is 0 Å². The quantitative estimate of drug-likeness (QED) is 0.710. The fourth-order valence-electron chi connectivity index (χ4n) is 4.00. The number of amides is 1. The molecule has 0 aliphatic carbocycles. The summed E-state index contributed by atoms with van der Waals surface area (Å²) in [5.41, 5.74) is 3.54. The molecular formula is C24H20FNO3. The van der Waals surface area contributed by atoms with Crippen molar-refractivity contribution in [2.75, 3.05) is 4.90 Å². The molecule has 0 aromatic heterocycles. The molecule has 1 amide bonds. The molecule has 3 aromatic carbocycles. The zero-order valence-corrected chi connectivity index (χ0v) is 15.9. The standard InChI is InChI=1S/C24H20FNO3/c1-15-6-12-19(13-7-15)26-21(27)14-17-4-2-3-5-20(17)22(24(28)29)23(26)16-8-10-18(25)11-9-16/h2-13,22-23H,14H2,1H3,(H,28,29)/t22-,23+/m0/s1. The van der Waals surface area contributed by atoms with E-state index in [1.807, 2.05) is 31.2 Å². The number of hydrogen-bond donors (Lipinski definition) is 1. The Morgan fingerprint density at radius 2 is 1.66 bits per heavy atom. The number of aryl methyl sites for hydroxylation is 1. The lowest BCUT2D eigenvalue weighted by Crippen LogP contribution is -2.39. The Hall–Kier alpha value is -3.47. The van der Waals surface area contributed by atoms with Gasteiger partial charge in [0.25, 0.3) is 0 Å². The average Bonchev–Trinajstić information content (AvgIpc) is 2.83. The van der Waals surface area contributed by atoms with Gasteiger partial charge in [0.05, 0.1) is 12.5 Å². The molecule has 146 valence electrons. The number of nitrogens with zero attached hydrogens (tertiary/aromatic N) is 1. The lowest BCUT2D eigenvalue weighted by molar-refractivity contribution is -0.139. The van der Waals surface area contributed by atoms with E-state index in [1.54, 1.807) is 41.3 Å². The maximum Gasteiger partial charge on any atom is 0.313 e. The number of halogens is 1. The Morgan fingerprint density at radius 3 is 2.31 bits per heavy atom. The number of carboxylic acids is 1. The Morgan fingerprint density at radius 1 is 1.00 bits per heavy atom. The van der Waals surface area contributed by atoms with Gasteiger partial charge < -0.3 is 10.0 Å². The summed E-state index contributed by atoms with van der Waals surface area (Å²) in [7, 11) is 0. The van der Waals surface area contributed by atoms with Crippen molar-refractivity contribution in [1.29, 1.82) is 0 Å². The second-order valence-corrected chi connectivity index (χ2v) is 7.29. The van der Waals surface area contributed by atoms with E-state index in [9.17, 15) is 19.1 Å². The first-order chi connectivity index (χ1) is 14.0. The van der Waals surface area contributed by atoms with E-state index in [1.165, 1.54) is 12.1 Å². The van der Waals surface area contributed by atoms with Crippen LogP contribution < -0.4 is 4.90 Å². The molecule has 1 aliphatic heterocycles. The normalized spacial score (nSPS) is 18.8. The molecule has 0 fully saturated rings. The van der Waals surface area contributed by atoms with Crippen LogP contribution in [0.1, 0.15) is 34.2 Å². The predicted molar refractivity (Wildman–Crippen MR) is 108 cm³/mol. The van der Waals surface area contributed by atoms with Crippen molar-refractivity contribution >= 4 is 17.6 Å². The summed E-state index contributed by atoms with van der Waals surface area (Å²) in [4.78, 5) is 27.3. The summed E-state index contributed by atoms with van der Waals surface area (Å²) in [6.45, 7) is 1.95. The predicted octanol–water partition coefficient (Wildman–Crippen LogP) is 4.63. The molecule has 0 spiro atoms. The Balaban J connectivity index is 1.97. The first kappa shape index (κ1) is 18.9. The van der Waals surface area contributed by atoms with E-state index in [0.29, 0.717) is 22.4 Å². The molecule has 0 unspecified atom stereocenters. The number of aliphatic carboxylic acids is 1. The van der Waals surface area contributed by atoms with E-state index < -0.39 is 23.7 Å². The Bertz CT molecular complexity index is 1060. The first-order valence-electron chi connectivity index (χ1n) is 9.40. The molecule has 1 heterocycles. The highest BCUT2D eigenvalue weighted by Crippen LogP contribution is 2.43. The number of benzene rings is 3. The van der Waals surface area contributed by atoms with Crippen LogP contribution in [0.3, 0.4) is 0 Å². The van der Waals surface area contributed by atoms with Crippen LogP contribution in [0.5, 0.6) is 0 Å². The van der Waals surface area contributed by atoms with Crippen LogP contribution in [0.2, 0.25) is 0 Å². The van der Waals surface area contributed by atoms with Crippen molar-refractivity contribution in [2.24, 2.45) is 0 Å². The molecule has 0 bridgehead atoms. The second-order valence-electron chi connectivity index (χ2n) is 7.29. The third kappa shape index (κ3) is 3.51. The maximum atomic E-state index is 13.6. The number of carboxylic acid groups (broad SMARTS) is 1.